The molecule has 2 rings (SSSR count). The molecule has 0 aliphatic carbocycles. The van der Waals surface area contributed by atoms with E-state index in [1.165, 1.54) is 24.3 Å². The van der Waals surface area contributed by atoms with Crippen molar-refractivity contribution in [1.29, 1.82) is 0 Å². The van der Waals surface area contributed by atoms with Crippen molar-refractivity contribution in [3.8, 4) is 0 Å². The van der Waals surface area contributed by atoms with Gasteiger partial charge in [-0.15, -0.1) is 0 Å². The van der Waals surface area contributed by atoms with Gasteiger partial charge in [0, 0.05) is 5.69 Å². The van der Waals surface area contributed by atoms with Gasteiger partial charge in [0.05, 0.1) is 15.7 Å². The lowest BCUT2D eigenvalue weighted by atomic mass is 10.2. The van der Waals surface area contributed by atoms with Crippen LogP contribution >= 0.6 is 11.6 Å². The maximum Gasteiger partial charge on any atom is 0.182 e. The molecule has 0 saturated carbocycles. The third-order valence-electron chi connectivity index (χ3n) is 2.87. The molecular formula is C14H13ClFNO2S. The molecule has 0 spiro atoms. The SMILES string of the molecule is Cc1cc(N)ccc1S(=O)(=O)Cc1ccc(Cl)c(F)c1. The summed E-state index contributed by atoms with van der Waals surface area (Å²) in [6.45, 7) is 1.67. The minimum atomic E-state index is -3.56. The molecular weight excluding hydrogens is 301 g/mol. The first-order valence-corrected chi connectivity index (χ1v) is 7.85. The Kier molecular flexibility index (Phi) is 4.01. The zero-order chi connectivity index (χ0) is 14.9. The highest BCUT2D eigenvalue weighted by atomic mass is 35.5. The van der Waals surface area contributed by atoms with Gasteiger partial charge in [0.25, 0.3) is 0 Å². The van der Waals surface area contributed by atoms with Crippen LogP contribution in [0.5, 0.6) is 0 Å². The summed E-state index contributed by atoms with van der Waals surface area (Å²) >= 11 is 5.57. The summed E-state index contributed by atoms with van der Waals surface area (Å²) in [5.41, 5.74) is 7.02. The van der Waals surface area contributed by atoms with Crippen molar-refractivity contribution in [2.24, 2.45) is 0 Å². The first-order chi connectivity index (χ1) is 9.29. The molecule has 0 aromatic heterocycles. The second-order valence-electron chi connectivity index (χ2n) is 4.53. The summed E-state index contributed by atoms with van der Waals surface area (Å²) in [5, 5.41) is -0.0326. The van der Waals surface area contributed by atoms with E-state index in [0.29, 0.717) is 16.8 Å². The molecule has 0 heterocycles. The first-order valence-electron chi connectivity index (χ1n) is 5.82. The van der Waals surface area contributed by atoms with Crippen LogP contribution in [-0.4, -0.2) is 8.42 Å². The molecule has 0 aliphatic rings. The predicted molar refractivity (Wildman–Crippen MR) is 77.9 cm³/mol. The lowest BCUT2D eigenvalue weighted by Crippen LogP contribution is -2.07. The van der Waals surface area contributed by atoms with Crippen molar-refractivity contribution in [2.45, 2.75) is 17.6 Å². The summed E-state index contributed by atoms with van der Waals surface area (Å²) in [6, 6.07) is 8.56. The molecule has 0 amide bonds. The van der Waals surface area contributed by atoms with E-state index < -0.39 is 15.7 Å². The van der Waals surface area contributed by atoms with Crippen molar-refractivity contribution < 1.29 is 12.8 Å². The molecule has 3 nitrogen and oxygen atoms in total. The summed E-state index contributed by atoms with van der Waals surface area (Å²) in [4.78, 5) is 0.196. The van der Waals surface area contributed by atoms with Crippen molar-refractivity contribution in [3.63, 3.8) is 0 Å². The van der Waals surface area contributed by atoms with Crippen LogP contribution in [0, 0.1) is 12.7 Å². The average molecular weight is 314 g/mol. The van der Waals surface area contributed by atoms with Crippen LogP contribution < -0.4 is 5.73 Å². The molecule has 0 aliphatic heterocycles. The largest absolute Gasteiger partial charge is 0.399 e. The molecule has 0 saturated heterocycles. The average Bonchev–Trinajstić information content (AvgIpc) is 2.33. The van der Waals surface area contributed by atoms with Crippen molar-refractivity contribution in [2.75, 3.05) is 5.73 Å². The summed E-state index contributed by atoms with van der Waals surface area (Å²) in [6.07, 6.45) is 0. The predicted octanol–water partition coefficient (Wildman–Crippen LogP) is 3.34. The molecule has 6 heteroatoms. The van der Waals surface area contributed by atoms with Gasteiger partial charge >= 0.3 is 0 Å². The van der Waals surface area contributed by atoms with E-state index >= 15 is 0 Å². The van der Waals surface area contributed by atoms with Crippen LogP contribution in [0.25, 0.3) is 0 Å². The molecule has 2 aromatic carbocycles. The lowest BCUT2D eigenvalue weighted by molar-refractivity contribution is 0.594. The third-order valence-corrected chi connectivity index (χ3v) is 5.02. The van der Waals surface area contributed by atoms with Gasteiger partial charge in [-0.2, -0.15) is 0 Å². The molecule has 20 heavy (non-hydrogen) atoms. The summed E-state index contributed by atoms with van der Waals surface area (Å²) in [5.74, 6) is -0.917. The Labute approximate surface area is 122 Å². The highest BCUT2D eigenvalue weighted by Crippen LogP contribution is 2.23. The van der Waals surface area contributed by atoms with Gasteiger partial charge in [0.2, 0.25) is 0 Å². The van der Waals surface area contributed by atoms with Crippen LogP contribution in [-0.2, 0) is 15.6 Å². The van der Waals surface area contributed by atoms with Gasteiger partial charge in [0.1, 0.15) is 5.82 Å². The van der Waals surface area contributed by atoms with E-state index in [4.69, 9.17) is 17.3 Å². The van der Waals surface area contributed by atoms with Gasteiger partial charge in [0.15, 0.2) is 9.84 Å². The number of anilines is 1. The fraction of sp³-hybridized carbons (Fsp3) is 0.143. The molecule has 0 bridgehead atoms. The lowest BCUT2D eigenvalue weighted by Gasteiger charge is -2.09. The van der Waals surface area contributed by atoms with E-state index in [0.717, 1.165) is 6.07 Å². The Bertz CT molecular complexity index is 760. The van der Waals surface area contributed by atoms with Crippen LogP contribution in [0.3, 0.4) is 0 Å². The smallest absolute Gasteiger partial charge is 0.182 e. The third kappa shape index (κ3) is 3.11. The van der Waals surface area contributed by atoms with Crippen molar-refractivity contribution in [1.82, 2.24) is 0 Å². The van der Waals surface area contributed by atoms with Gasteiger partial charge in [-0.05, 0) is 48.4 Å². The standard InChI is InChI=1S/C14H13ClFNO2S/c1-9-6-11(17)3-5-14(9)20(18,19)8-10-2-4-12(15)13(16)7-10/h2-7H,8,17H2,1H3. The Morgan fingerprint density at radius 3 is 2.50 bits per heavy atom. The highest BCUT2D eigenvalue weighted by Gasteiger charge is 2.18. The molecule has 0 atom stereocenters. The van der Waals surface area contributed by atoms with Crippen LogP contribution in [0.1, 0.15) is 11.1 Å². The molecule has 0 fully saturated rings. The maximum absolute atomic E-state index is 13.3. The Balaban J connectivity index is 2.38. The zero-order valence-corrected chi connectivity index (χ0v) is 12.3. The second-order valence-corrected chi connectivity index (χ2v) is 6.90. The number of hydrogen-bond acceptors (Lipinski definition) is 3. The molecule has 2 N–H and O–H groups in total. The second kappa shape index (κ2) is 5.42. The van der Waals surface area contributed by atoms with Gasteiger partial charge in [-0.25, -0.2) is 12.8 Å². The minimum Gasteiger partial charge on any atom is -0.399 e. The fourth-order valence-electron chi connectivity index (χ4n) is 1.95. The van der Waals surface area contributed by atoms with Gasteiger partial charge in [-0.1, -0.05) is 17.7 Å². The Morgan fingerprint density at radius 1 is 1.20 bits per heavy atom. The maximum atomic E-state index is 13.3. The Hall–Kier alpha value is -1.59. The van der Waals surface area contributed by atoms with E-state index in [1.807, 2.05) is 0 Å². The van der Waals surface area contributed by atoms with E-state index in [-0.39, 0.29) is 15.7 Å². The quantitative estimate of drug-likeness (QED) is 0.884. The van der Waals surface area contributed by atoms with Crippen molar-refractivity contribution in [3.05, 3.63) is 58.4 Å². The van der Waals surface area contributed by atoms with Crippen LogP contribution in [0.2, 0.25) is 5.02 Å². The zero-order valence-electron chi connectivity index (χ0n) is 10.7. The topological polar surface area (TPSA) is 60.2 Å². The van der Waals surface area contributed by atoms with E-state index in [9.17, 15) is 12.8 Å². The fourth-order valence-corrected chi connectivity index (χ4v) is 3.66. The highest BCUT2D eigenvalue weighted by molar-refractivity contribution is 7.90. The van der Waals surface area contributed by atoms with E-state index in [2.05, 4.69) is 0 Å². The number of nitrogens with two attached hydrogens (primary N) is 1. The number of nitrogen functional groups attached to an aromatic ring is 1. The monoisotopic (exact) mass is 313 g/mol. The number of rotatable bonds is 3. The number of sulfone groups is 1. The minimum absolute atomic E-state index is 0.0326. The normalized spacial score (nSPS) is 11.6. The summed E-state index contributed by atoms with van der Waals surface area (Å²) < 4.78 is 38.0. The Morgan fingerprint density at radius 2 is 1.90 bits per heavy atom. The molecule has 0 unspecified atom stereocenters. The number of benzene rings is 2. The number of halogens is 2. The molecule has 2 aromatic rings. The first kappa shape index (κ1) is 14.8. The molecule has 0 radical (unpaired) electrons. The van der Waals surface area contributed by atoms with Gasteiger partial charge in [-0.3, -0.25) is 0 Å². The molecule has 106 valence electrons. The van der Waals surface area contributed by atoms with Crippen molar-refractivity contribution >= 4 is 27.1 Å². The van der Waals surface area contributed by atoms with Gasteiger partial charge < -0.3 is 5.73 Å². The summed E-state index contributed by atoms with van der Waals surface area (Å²) in [7, 11) is -3.56. The van der Waals surface area contributed by atoms with Crippen LogP contribution in [0.15, 0.2) is 41.3 Å². The van der Waals surface area contributed by atoms with Crippen LogP contribution in [0.4, 0.5) is 10.1 Å². The number of aryl methyl sites for hydroxylation is 1. The van der Waals surface area contributed by atoms with E-state index in [1.54, 1.807) is 13.0 Å². The number of hydrogen-bond donors (Lipinski definition) is 1.